The fourth-order valence-corrected chi connectivity index (χ4v) is 1.65. The van der Waals surface area contributed by atoms with Crippen LogP contribution in [0.1, 0.15) is 33.6 Å². The summed E-state index contributed by atoms with van der Waals surface area (Å²) in [5, 5.41) is 2.39. The fourth-order valence-electron chi connectivity index (χ4n) is 1.65. The van der Waals surface area contributed by atoms with E-state index in [4.69, 9.17) is 24.8 Å². The van der Waals surface area contributed by atoms with Gasteiger partial charge >= 0.3 is 24.0 Å². The van der Waals surface area contributed by atoms with Crippen LogP contribution in [-0.2, 0) is 28.6 Å². The summed E-state index contributed by atoms with van der Waals surface area (Å²) in [6, 6.07) is -0.716. The number of alkyl carbamates (subject to hydrolysis) is 1. The van der Waals surface area contributed by atoms with Gasteiger partial charge in [0.25, 0.3) is 0 Å². The number of hydrogen-bond acceptors (Lipinski definition) is 8. The minimum Gasteiger partial charge on any atom is -0.465 e. The first-order valence-corrected chi connectivity index (χ1v) is 8.44. The summed E-state index contributed by atoms with van der Waals surface area (Å²) in [7, 11) is 0. The highest BCUT2D eigenvalue weighted by molar-refractivity contribution is 5.90. The highest BCUT2D eigenvalue weighted by atomic mass is 16.7. The van der Waals surface area contributed by atoms with Crippen molar-refractivity contribution in [1.82, 2.24) is 10.8 Å². The van der Waals surface area contributed by atoms with Gasteiger partial charge < -0.3 is 19.9 Å². The Morgan fingerprint density at radius 2 is 1.69 bits per heavy atom. The molecule has 1 unspecified atom stereocenters. The summed E-state index contributed by atoms with van der Waals surface area (Å²) >= 11 is 0. The number of esters is 2. The van der Waals surface area contributed by atoms with Crippen LogP contribution in [0.2, 0.25) is 0 Å². The van der Waals surface area contributed by atoms with Gasteiger partial charge in [0, 0.05) is 0 Å². The van der Waals surface area contributed by atoms with Crippen molar-refractivity contribution in [2.45, 2.75) is 39.7 Å². The Hall–Kier alpha value is -2.40. The molecule has 1 amide bonds. The smallest absolute Gasteiger partial charge is 0.465 e. The van der Waals surface area contributed by atoms with Crippen LogP contribution in [0.3, 0.4) is 0 Å². The lowest BCUT2D eigenvalue weighted by atomic mass is 10.2. The molecule has 26 heavy (non-hydrogen) atoms. The van der Waals surface area contributed by atoms with Gasteiger partial charge in [-0.25, -0.2) is 14.4 Å². The van der Waals surface area contributed by atoms with Gasteiger partial charge in [0.1, 0.15) is 6.04 Å². The van der Waals surface area contributed by atoms with Crippen LogP contribution in [0, 0.1) is 0 Å². The van der Waals surface area contributed by atoms with Crippen LogP contribution in [0.15, 0.2) is 0 Å². The zero-order chi connectivity index (χ0) is 19.8. The van der Waals surface area contributed by atoms with E-state index in [9.17, 15) is 14.4 Å². The quantitative estimate of drug-likeness (QED) is 0.0794. The summed E-state index contributed by atoms with van der Waals surface area (Å²) < 4.78 is 14.3. The van der Waals surface area contributed by atoms with E-state index < -0.39 is 24.1 Å². The molecule has 0 rings (SSSR count). The molecule has 0 fully saturated rings. The highest BCUT2D eigenvalue weighted by Gasteiger charge is 2.16. The van der Waals surface area contributed by atoms with Crippen LogP contribution in [0.4, 0.5) is 4.79 Å². The average Bonchev–Trinajstić information content (AvgIpc) is 2.58. The van der Waals surface area contributed by atoms with Gasteiger partial charge in [-0.1, -0.05) is 0 Å². The Morgan fingerprint density at radius 3 is 2.31 bits per heavy atom. The SMILES string of the molecule is CCOC(=O)CONC(NC(=O)OCC)=[NH+]CCCC(N)C(=O)OCC. The maximum atomic E-state index is 11.5. The van der Waals surface area contributed by atoms with Crippen LogP contribution < -0.4 is 21.5 Å². The topological polar surface area (TPSA) is 152 Å². The molecule has 0 saturated carbocycles. The number of nitrogens with two attached hydrogens (primary N) is 1. The molecule has 0 aromatic heterocycles. The number of guanidine groups is 1. The number of carbonyl (C=O) groups excluding carboxylic acids is 3. The molecule has 1 atom stereocenters. The normalized spacial score (nSPS) is 12.1. The monoisotopic (exact) mass is 377 g/mol. The van der Waals surface area contributed by atoms with Gasteiger partial charge in [0.2, 0.25) is 0 Å². The van der Waals surface area contributed by atoms with Crippen LogP contribution >= 0.6 is 0 Å². The predicted molar refractivity (Wildman–Crippen MR) is 90.6 cm³/mol. The van der Waals surface area contributed by atoms with Crippen LogP contribution in [0.5, 0.6) is 0 Å². The maximum absolute atomic E-state index is 11.5. The van der Waals surface area contributed by atoms with E-state index in [-0.39, 0.29) is 32.4 Å². The third kappa shape index (κ3) is 12.0. The van der Waals surface area contributed by atoms with Crippen molar-refractivity contribution in [1.29, 1.82) is 0 Å². The third-order valence-corrected chi connectivity index (χ3v) is 2.76. The van der Waals surface area contributed by atoms with Crippen molar-refractivity contribution < 1.29 is 38.4 Å². The standard InChI is InChI=1S/C15H28N4O7/c1-4-23-12(20)10-26-19-14(18-15(22)25-6-3)17-9-7-8-11(16)13(21)24-5-2/h11H,4-10,16H2,1-3H3,(H2,17,18,19,22)/p+1. The predicted octanol–water partition coefficient (Wildman–Crippen LogP) is -2.08. The Bertz CT molecular complexity index is 471. The van der Waals surface area contributed by atoms with Gasteiger partial charge in [-0.05, 0) is 33.6 Å². The third-order valence-electron chi connectivity index (χ3n) is 2.76. The molecule has 0 aliphatic rings. The van der Waals surface area contributed by atoms with Crippen molar-refractivity contribution in [2.24, 2.45) is 5.73 Å². The minimum absolute atomic E-state index is 0.0810. The first kappa shape index (κ1) is 23.6. The highest BCUT2D eigenvalue weighted by Crippen LogP contribution is 1.94. The zero-order valence-corrected chi connectivity index (χ0v) is 15.5. The summed E-state index contributed by atoms with van der Waals surface area (Å²) in [5.74, 6) is -0.939. The van der Waals surface area contributed by atoms with E-state index in [2.05, 4.69) is 15.8 Å². The fraction of sp³-hybridized carbons (Fsp3) is 0.733. The van der Waals surface area contributed by atoms with Crippen LogP contribution in [0.25, 0.3) is 0 Å². The van der Waals surface area contributed by atoms with Gasteiger partial charge in [-0.15, -0.1) is 5.48 Å². The Kier molecular flexibility index (Phi) is 13.5. The van der Waals surface area contributed by atoms with E-state index >= 15 is 0 Å². The molecule has 5 N–H and O–H groups in total. The average molecular weight is 377 g/mol. The van der Waals surface area contributed by atoms with E-state index in [1.165, 1.54) is 0 Å². The first-order chi connectivity index (χ1) is 12.4. The number of nitrogens with one attached hydrogen (secondary N) is 3. The lowest BCUT2D eigenvalue weighted by Gasteiger charge is -2.09. The molecule has 0 saturated heterocycles. The van der Waals surface area contributed by atoms with Gasteiger partial charge in [0.15, 0.2) is 6.61 Å². The summed E-state index contributed by atoms with van der Waals surface area (Å²) in [6.45, 7) is 5.75. The second kappa shape index (κ2) is 14.9. The molecule has 11 nitrogen and oxygen atoms in total. The molecule has 0 aromatic carbocycles. The first-order valence-electron chi connectivity index (χ1n) is 8.44. The van der Waals surface area contributed by atoms with Crippen molar-refractivity contribution in [3.63, 3.8) is 0 Å². The molecule has 0 heterocycles. The second-order valence-electron chi connectivity index (χ2n) is 4.84. The summed E-state index contributed by atoms with van der Waals surface area (Å²) in [4.78, 5) is 41.9. The molecule has 0 spiro atoms. The minimum atomic E-state index is -0.716. The largest absolute Gasteiger partial charge is 0.476 e. The van der Waals surface area contributed by atoms with Crippen molar-refractivity contribution in [3.05, 3.63) is 0 Å². The van der Waals surface area contributed by atoms with E-state index in [1.807, 2.05) is 0 Å². The Morgan fingerprint density at radius 1 is 1.04 bits per heavy atom. The van der Waals surface area contributed by atoms with Gasteiger partial charge in [-0.3, -0.25) is 9.79 Å². The second-order valence-corrected chi connectivity index (χ2v) is 4.84. The number of hydrogen-bond donors (Lipinski definition) is 4. The van der Waals surface area contributed by atoms with Crippen molar-refractivity contribution >= 4 is 24.0 Å². The van der Waals surface area contributed by atoms with Gasteiger partial charge in [0.05, 0.1) is 26.4 Å². The molecule has 150 valence electrons. The molecular formula is C15H29N4O7+. The number of ether oxygens (including phenoxy) is 3. The van der Waals surface area contributed by atoms with Crippen molar-refractivity contribution in [2.75, 3.05) is 33.0 Å². The van der Waals surface area contributed by atoms with E-state index in [0.29, 0.717) is 19.4 Å². The van der Waals surface area contributed by atoms with Crippen LogP contribution in [-0.4, -0.2) is 63.0 Å². The molecule has 0 aromatic rings. The zero-order valence-electron chi connectivity index (χ0n) is 15.5. The lowest BCUT2D eigenvalue weighted by Crippen LogP contribution is -2.80. The number of amides is 1. The molecule has 11 heteroatoms. The van der Waals surface area contributed by atoms with Crippen molar-refractivity contribution in [3.8, 4) is 0 Å². The molecule has 0 aliphatic heterocycles. The number of carbonyl (C=O) groups is 3. The molecule has 0 radical (unpaired) electrons. The summed E-state index contributed by atoms with van der Waals surface area (Å²) in [6.07, 6.45) is 0.209. The molecule has 0 aliphatic carbocycles. The molecular weight excluding hydrogens is 348 g/mol. The van der Waals surface area contributed by atoms with Gasteiger partial charge in [-0.2, -0.15) is 5.32 Å². The summed E-state index contributed by atoms with van der Waals surface area (Å²) in [5.41, 5.74) is 8.09. The number of rotatable bonds is 11. The number of hydroxylamine groups is 1. The Labute approximate surface area is 152 Å². The lowest BCUT2D eigenvalue weighted by molar-refractivity contribution is -0.464. The van der Waals surface area contributed by atoms with E-state index in [0.717, 1.165) is 0 Å². The maximum Gasteiger partial charge on any atom is 0.476 e. The van der Waals surface area contributed by atoms with E-state index in [1.54, 1.807) is 20.8 Å². The molecule has 0 bridgehead atoms. The Balaban J connectivity index is 4.43.